The molecule has 2 atom stereocenters. The summed E-state index contributed by atoms with van der Waals surface area (Å²) in [4.78, 5) is 24.8. The highest BCUT2D eigenvalue weighted by atomic mass is 35.5. The highest BCUT2D eigenvalue weighted by molar-refractivity contribution is 6.32. The van der Waals surface area contributed by atoms with E-state index in [1.807, 2.05) is 20.8 Å². The van der Waals surface area contributed by atoms with Crippen LogP contribution in [0.4, 0.5) is 0 Å². The number of ether oxygens (including phenoxy) is 3. The van der Waals surface area contributed by atoms with Gasteiger partial charge in [0.15, 0.2) is 11.5 Å². The van der Waals surface area contributed by atoms with E-state index in [0.29, 0.717) is 18.1 Å². The Morgan fingerprint density at radius 2 is 1.92 bits per heavy atom. The number of nitrogens with one attached hydrogen (secondary N) is 1. The molecule has 6 nitrogen and oxygen atoms in total. The summed E-state index contributed by atoms with van der Waals surface area (Å²) in [5.41, 5.74) is 0.285. The molecule has 0 radical (unpaired) electrons. The molecule has 1 N–H and O–H groups in total. The zero-order valence-corrected chi connectivity index (χ0v) is 16.8. The lowest BCUT2D eigenvalue weighted by Gasteiger charge is -2.22. The Balaban J connectivity index is 3.07. The Bertz CT molecular complexity index is 620. The summed E-state index contributed by atoms with van der Waals surface area (Å²) in [5.74, 6) is -0.173. The third kappa shape index (κ3) is 5.80. The molecule has 0 spiro atoms. The Labute approximate surface area is 160 Å². The van der Waals surface area contributed by atoms with Crippen LogP contribution in [-0.2, 0) is 9.53 Å². The second-order valence-corrected chi connectivity index (χ2v) is 6.33. The van der Waals surface area contributed by atoms with Crippen LogP contribution < -0.4 is 14.8 Å². The number of methoxy groups -OCH3 is 1. The molecule has 0 aliphatic rings. The first-order valence-corrected chi connectivity index (χ1v) is 9.25. The average Bonchev–Trinajstić information content (AvgIpc) is 2.63. The molecule has 1 aromatic rings. The highest BCUT2D eigenvalue weighted by Crippen LogP contribution is 2.36. The van der Waals surface area contributed by atoms with Gasteiger partial charge in [0.1, 0.15) is 6.04 Å². The summed E-state index contributed by atoms with van der Waals surface area (Å²) in [6.07, 6.45) is 1.54. The molecule has 1 aromatic carbocycles. The molecule has 0 saturated carbocycles. The fourth-order valence-corrected chi connectivity index (χ4v) is 2.59. The lowest BCUT2D eigenvalue weighted by Crippen LogP contribution is -2.46. The van der Waals surface area contributed by atoms with Gasteiger partial charge < -0.3 is 19.5 Å². The van der Waals surface area contributed by atoms with Crippen LogP contribution in [-0.4, -0.2) is 38.2 Å². The van der Waals surface area contributed by atoms with Gasteiger partial charge in [-0.25, -0.2) is 4.79 Å². The molecule has 0 heterocycles. The minimum absolute atomic E-state index is 0.0671. The van der Waals surface area contributed by atoms with Crippen molar-refractivity contribution in [2.45, 2.75) is 46.6 Å². The Morgan fingerprint density at radius 1 is 1.23 bits per heavy atom. The van der Waals surface area contributed by atoms with Gasteiger partial charge in [-0.05, 0) is 31.4 Å². The molecule has 26 heavy (non-hydrogen) atoms. The predicted octanol–water partition coefficient (Wildman–Crippen LogP) is 3.85. The van der Waals surface area contributed by atoms with Crippen LogP contribution in [0.1, 0.15) is 50.9 Å². The van der Waals surface area contributed by atoms with Gasteiger partial charge in [-0.3, -0.25) is 4.79 Å². The zero-order chi connectivity index (χ0) is 19.7. The maximum atomic E-state index is 12.7. The van der Waals surface area contributed by atoms with Gasteiger partial charge in [0.05, 0.1) is 25.3 Å². The van der Waals surface area contributed by atoms with E-state index in [1.54, 1.807) is 13.0 Å². The van der Waals surface area contributed by atoms with Gasteiger partial charge in [0.25, 0.3) is 5.91 Å². The summed E-state index contributed by atoms with van der Waals surface area (Å²) in [6.45, 7) is 8.28. The van der Waals surface area contributed by atoms with Crippen molar-refractivity contribution in [2.24, 2.45) is 5.92 Å². The normalized spacial score (nSPS) is 12.8. The zero-order valence-electron chi connectivity index (χ0n) is 16.1. The number of amides is 1. The number of hydrogen-bond donors (Lipinski definition) is 1. The van der Waals surface area contributed by atoms with Crippen molar-refractivity contribution in [2.75, 3.05) is 20.3 Å². The van der Waals surface area contributed by atoms with Crippen LogP contribution in [0.25, 0.3) is 0 Å². The molecule has 0 saturated heterocycles. The van der Waals surface area contributed by atoms with E-state index in [2.05, 4.69) is 5.32 Å². The molecule has 0 bridgehead atoms. The van der Waals surface area contributed by atoms with Crippen molar-refractivity contribution in [3.05, 3.63) is 22.7 Å². The summed E-state index contributed by atoms with van der Waals surface area (Å²) >= 11 is 6.26. The van der Waals surface area contributed by atoms with Crippen molar-refractivity contribution in [3.8, 4) is 11.5 Å². The molecular formula is C19H28ClNO5. The van der Waals surface area contributed by atoms with Crippen LogP contribution in [0.3, 0.4) is 0 Å². The number of rotatable bonds is 10. The topological polar surface area (TPSA) is 73.9 Å². The quantitative estimate of drug-likeness (QED) is 0.619. The molecule has 1 rings (SSSR count). The van der Waals surface area contributed by atoms with Crippen molar-refractivity contribution in [3.63, 3.8) is 0 Å². The van der Waals surface area contributed by atoms with E-state index in [4.69, 9.17) is 25.8 Å². The van der Waals surface area contributed by atoms with Gasteiger partial charge in [0, 0.05) is 5.56 Å². The van der Waals surface area contributed by atoms with Crippen LogP contribution in [0.5, 0.6) is 11.5 Å². The number of hydrogen-bond acceptors (Lipinski definition) is 5. The van der Waals surface area contributed by atoms with E-state index in [0.717, 1.165) is 12.8 Å². The lowest BCUT2D eigenvalue weighted by molar-refractivity contribution is -0.146. The second kappa shape index (κ2) is 10.9. The van der Waals surface area contributed by atoms with Crippen molar-refractivity contribution < 1.29 is 23.8 Å². The maximum Gasteiger partial charge on any atom is 0.328 e. The first kappa shape index (κ1) is 22.1. The first-order valence-electron chi connectivity index (χ1n) is 8.87. The van der Waals surface area contributed by atoms with E-state index in [9.17, 15) is 9.59 Å². The van der Waals surface area contributed by atoms with E-state index < -0.39 is 17.9 Å². The SMILES string of the molecule is CCCOc1c(Cl)cc(C(=O)NC(C(=O)OCC)C(C)CC)cc1OC. The van der Waals surface area contributed by atoms with Gasteiger partial charge >= 0.3 is 5.97 Å². The summed E-state index contributed by atoms with van der Waals surface area (Å²) in [7, 11) is 1.48. The highest BCUT2D eigenvalue weighted by Gasteiger charge is 2.28. The van der Waals surface area contributed by atoms with Gasteiger partial charge in [-0.15, -0.1) is 0 Å². The molecular weight excluding hydrogens is 358 g/mol. The summed E-state index contributed by atoms with van der Waals surface area (Å²) < 4.78 is 16.0. The third-order valence-corrected chi connectivity index (χ3v) is 4.26. The molecule has 0 aliphatic carbocycles. The molecule has 0 fully saturated rings. The Kier molecular flexibility index (Phi) is 9.27. The fraction of sp³-hybridized carbons (Fsp3) is 0.579. The average molecular weight is 386 g/mol. The monoisotopic (exact) mass is 385 g/mol. The summed E-state index contributed by atoms with van der Waals surface area (Å²) in [6, 6.07) is 2.32. The Morgan fingerprint density at radius 3 is 2.46 bits per heavy atom. The smallest absolute Gasteiger partial charge is 0.328 e. The largest absolute Gasteiger partial charge is 0.493 e. The predicted molar refractivity (Wildman–Crippen MR) is 101 cm³/mol. The fourth-order valence-electron chi connectivity index (χ4n) is 2.32. The number of carbonyl (C=O) groups is 2. The van der Waals surface area contributed by atoms with Crippen molar-refractivity contribution in [1.82, 2.24) is 5.32 Å². The number of carbonyl (C=O) groups excluding carboxylic acids is 2. The molecule has 0 aromatic heterocycles. The number of esters is 1. The first-order chi connectivity index (χ1) is 12.4. The molecule has 7 heteroatoms. The minimum Gasteiger partial charge on any atom is -0.493 e. The Hall–Kier alpha value is -1.95. The van der Waals surface area contributed by atoms with Crippen LogP contribution in [0.2, 0.25) is 5.02 Å². The minimum atomic E-state index is -0.728. The van der Waals surface area contributed by atoms with Crippen LogP contribution in [0, 0.1) is 5.92 Å². The van der Waals surface area contributed by atoms with Crippen molar-refractivity contribution >= 4 is 23.5 Å². The van der Waals surface area contributed by atoms with Crippen LogP contribution >= 0.6 is 11.6 Å². The number of benzene rings is 1. The van der Waals surface area contributed by atoms with Gasteiger partial charge in [0.2, 0.25) is 0 Å². The molecule has 0 aliphatic heterocycles. The maximum absolute atomic E-state index is 12.7. The third-order valence-electron chi connectivity index (χ3n) is 3.98. The molecule has 146 valence electrons. The lowest BCUT2D eigenvalue weighted by atomic mass is 9.98. The van der Waals surface area contributed by atoms with E-state index >= 15 is 0 Å². The molecule has 2 unspecified atom stereocenters. The van der Waals surface area contributed by atoms with E-state index in [-0.39, 0.29) is 23.1 Å². The second-order valence-electron chi connectivity index (χ2n) is 5.93. The van der Waals surface area contributed by atoms with Crippen LogP contribution in [0.15, 0.2) is 12.1 Å². The van der Waals surface area contributed by atoms with E-state index in [1.165, 1.54) is 13.2 Å². The standard InChI is InChI=1S/C19H28ClNO5/c1-6-9-26-17-14(20)10-13(11-15(17)24-5)18(22)21-16(12(4)7-2)19(23)25-8-3/h10-12,16H,6-9H2,1-5H3,(H,21,22). The van der Waals surface area contributed by atoms with Crippen molar-refractivity contribution in [1.29, 1.82) is 0 Å². The van der Waals surface area contributed by atoms with Gasteiger partial charge in [-0.1, -0.05) is 38.8 Å². The number of halogens is 1. The van der Waals surface area contributed by atoms with Gasteiger partial charge in [-0.2, -0.15) is 0 Å². The summed E-state index contributed by atoms with van der Waals surface area (Å²) in [5, 5.41) is 3.02. The molecule has 1 amide bonds.